The second-order valence-corrected chi connectivity index (χ2v) is 6.39. The lowest BCUT2D eigenvalue weighted by molar-refractivity contribution is -0.162. The summed E-state index contributed by atoms with van der Waals surface area (Å²) >= 11 is 0. The first-order valence-corrected chi connectivity index (χ1v) is 6.15. The number of carbonyl (C=O) groups is 1. The summed E-state index contributed by atoms with van der Waals surface area (Å²) in [6.45, 7) is 6.30. The van der Waals surface area contributed by atoms with Crippen LogP contribution in [0.25, 0.3) is 0 Å². The number of hydrogen-bond donors (Lipinski definition) is 0. The highest BCUT2D eigenvalue weighted by Gasteiger charge is 2.69. The first-order valence-electron chi connectivity index (χ1n) is 6.15. The molecule has 3 aliphatic carbocycles. The van der Waals surface area contributed by atoms with Gasteiger partial charge in [-0.3, -0.25) is 4.79 Å². The van der Waals surface area contributed by atoms with Crippen molar-refractivity contribution in [2.45, 2.75) is 52.1 Å². The molecule has 3 aliphatic rings. The molecule has 2 heteroatoms. The molecule has 3 saturated carbocycles. The Morgan fingerprint density at radius 3 is 2.73 bits per heavy atom. The SMILES string of the molecule is CC(=O)O[C@@]12CC[C@H]3C[C@@H](C1)C(C)(C)[C@H]32. The number of carbonyl (C=O) groups excluding carboxylic acids is 1. The summed E-state index contributed by atoms with van der Waals surface area (Å²) in [5.41, 5.74) is 0.333. The molecule has 2 bridgehead atoms. The van der Waals surface area contributed by atoms with Crippen LogP contribution >= 0.6 is 0 Å². The van der Waals surface area contributed by atoms with E-state index < -0.39 is 0 Å². The maximum atomic E-state index is 11.2. The van der Waals surface area contributed by atoms with Crippen molar-refractivity contribution in [3.63, 3.8) is 0 Å². The van der Waals surface area contributed by atoms with Gasteiger partial charge in [0.15, 0.2) is 0 Å². The lowest BCUT2D eigenvalue weighted by atomic mass is 9.78. The van der Waals surface area contributed by atoms with Gasteiger partial charge in [0, 0.05) is 12.8 Å². The minimum atomic E-state index is -0.0843. The molecule has 0 N–H and O–H groups in total. The maximum absolute atomic E-state index is 11.2. The fourth-order valence-electron chi connectivity index (χ4n) is 5.08. The van der Waals surface area contributed by atoms with Crippen molar-refractivity contribution in [3.05, 3.63) is 0 Å². The molecular weight excluding hydrogens is 188 g/mol. The largest absolute Gasteiger partial charge is 0.459 e. The Morgan fingerprint density at radius 1 is 1.40 bits per heavy atom. The molecule has 84 valence electrons. The summed E-state index contributed by atoms with van der Waals surface area (Å²) in [4.78, 5) is 11.2. The second kappa shape index (κ2) is 2.58. The van der Waals surface area contributed by atoms with E-state index in [-0.39, 0.29) is 11.6 Å². The number of esters is 1. The van der Waals surface area contributed by atoms with E-state index in [1.165, 1.54) is 12.8 Å². The van der Waals surface area contributed by atoms with Crippen molar-refractivity contribution in [1.29, 1.82) is 0 Å². The van der Waals surface area contributed by atoms with E-state index in [1.807, 2.05) is 0 Å². The number of rotatable bonds is 1. The zero-order valence-electron chi connectivity index (χ0n) is 9.88. The van der Waals surface area contributed by atoms with Crippen LogP contribution in [0.3, 0.4) is 0 Å². The van der Waals surface area contributed by atoms with E-state index in [1.54, 1.807) is 6.92 Å². The average molecular weight is 208 g/mol. The summed E-state index contributed by atoms with van der Waals surface area (Å²) in [6.07, 6.45) is 4.89. The molecule has 0 amide bonds. The fourth-order valence-corrected chi connectivity index (χ4v) is 5.08. The standard InChI is InChI=1S/C13H20O2/c1-8(14)15-13-5-4-9-6-10(7-13)12(2,3)11(9)13/h9-11H,4-7H2,1-3H3/t9-,10-,11-,13-/m0/s1. The molecule has 0 aromatic rings. The molecule has 2 nitrogen and oxygen atoms in total. The topological polar surface area (TPSA) is 26.3 Å². The first-order chi connectivity index (χ1) is 6.96. The third-order valence-corrected chi connectivity index (χ3v) is 5.36. The van der Waals surface area contributed by atoms with Gasteiger partial charge in [-0.1, -0.05) is 13.8 Å². The van der Waals surface area contributed by atoms with Crippen LogP contribution in [0.2, 0.25) is 0 Å². The van der Waals surface area contributed by atoms with Crippen molar-refractivity contribution < 1.29 is 9.53 Å². The van der Waals surface area contributed by atoms with E-state index in [0.29, 0.717) is 11.3 Å². The van der Waals surface area contributed by atoms with Crippen LogP contribution in [0.1, 0.15) is 46.5 Å². The molecule has 4 atom stereocenters. The van der Waals surface area contributed by atoms with E-state index >= 15 is 0 Å². The summed E-state index contributed by atoms with van der Waals surface area (Å²) in [7, 11) is 0. The Labute approximate surface area is 91.4 Å². The Hall–Kier alpha value is -0.530. The minimum absolute atomic E-state index is 0.0666. The Bertz CT molecular complexity index is 320. The van der Waals surface area contributed by atoms with Crippen molar-refractivity contribution in [2.75, 3.05) is 0 Å². The van der Waals surface area contributed by atoms with Gasteiger partial charge < -0.3 is 4.74 Å². The number of ether oxygens (including phenoxy) is 1. The highest BCUT2D eigenvalue weighted by Crippen LogP contribution is 2.71. The van der Waals surface area contributed by atoms with Crippen LogP contribution in [-0.4, -0.2) is 11.6 Å². The van der Waals surface area contributed by atoms with Crippen molar-refractivity contribution in [1.82, 2.24) is 0 Å². The van der Waals surface area contributed by atoms with E-state index in [9.17, 15) is 4.79 Å². The third-order valence-electron chi connectivity index (χ3n) is 5.36. The zero-order chi connectivity index (χ0) is 10.8. The van der Waals surface area contributed by atoms with E-state index in [2.05, 4.69) is 13.8 Å². The summed E-state index contributed by atoms with van der Waals surface area (Å²) in [5.74, 6) is 2.17. The molecule has 0 unspecified atom stereocenters. The monoisotopic (exact) mass is 208 g/mol. The third kappa shape index (κ3) is 1.03. The minimum Gasteiger partial charge on any atom is -0.459 e. The molecule has 0 aromatic carbocycles. The lowest BCUT2D eigenvalue weighted by Gasteiger charge is -2.35. The summed E-state index contributed by atoms with van der Waals surface area (Å²) in [6, 6.07) is 0. The molecular formula is C13H20O2. The number of hydrogen-bond acceptors (Lipinski definition) is 2. The van der Waals surface area contributed by atoms with Crippen LogP contribution in [-0.2, 0) is 9.53 Å². The molecule has 0 heterocycles. The summed E-state index contributed by atoms with van der Waals surface area (Å²) in [5, 5.41) is 0. The van der Waals surface area contributed by atoms with Gasteiger partial charge in [0.25, 0.3) is 0 Å². The molecule has 0 spiro atoms. The van der Waals surface area contributed by atoms with Gasteiger partial charge in [0.2, 0.25) is 0 Å². The van der Waals surface area contributed by atoms with Gasteiger partial charge >= 0.3 is 5.97 Å². The Morgan fingerprint density at radius 2 is 2.13 bits per heavy atom. The first kappa shape index (κ1) is 9.68. The molecule has 3 fully saturated rings. The van der Waals surface area contributed by atoms with Crippen LogP contribution in [0, 0.1) is 23.2 Å². The summed E-state index contributed by atoms with van der Waals surface area (Å²) < 4.78 is 5.72. The molecule has 0 saturated heterocycles. The van der Waals surface area contributed by atoms with Crippen LogP contribution in [0.4, 0.5) is 0 Å². The average Bonchev–Trinajstić information content (AvgIpc) is 2.54. The zero-order valence-corrected chi connectivity index (χ0v) is 9.88. The van der Waals surface area contributed by atoms with Crippen molar-refractivity contribution in [3.8, 4) is 0 Å². The van der Waals surface area contributed by atoms with Crippen molar-refractivity contribution >= 4 is 5.97 Å². The number of fused-ring (bicyclic) bond motifs is 1. The van der Waals surface area contributed by atoms with Crippen LogP contribution in [0.15, 0.2) is 0 Å². The molecule has 3 rings (SSSR count). The lowest BCUT2D eigenvalue weighted by Crippen LogP contribution is -2.39. The molecule has 0 aromatic heterocycles. The highest BCUT2D eigenvalue weighted by molar-refractivity contribution is 5.66. The van der Waals surface area contributed by atoms with Gasteiger partial charge in [-0.15, -0.1) is 0 Å². The Kier molecular flexibility index (Phi) is 1.67. The Balaban J connectivity index is 1.98. The maximum Gasteiger partial charge on any atom is 0.303 e. The van der Waals surface area contributed by atoms with Crippen LogP contribution in [0.5, 0.6) is 0 Å². The van der Waals surface area contributed by atoms with E-state index in [4.69, 9.17) is 4.74 Å². The van der Waals surface area contributed by atoms with Gasteiger partial charge in [-0.25, -0.2) is 0 Å². The van der Waals surface area contributed by atoms with Crippen LogP contribution < -0.4 is 0 Å². The van der Waals surface area contributed by atoms with Gasteiger partial charge in [0.1, 0.15) is 5.60 Å². The normalized spacial score (nSPS) is 49.7. The quantitative estimate of drug-likeness (QED) is 0.619. The van der Waals surface area contributed by atoms with Gasteiger partial charge in [-0.2, -0.15) is 0 Å². The van der Waals surface area contributed by atoms with E-state index in [0.717, 1.165) is 24.7 Å². The highest BCUT2D eigenvalue weighted by atomic mass is 16.6. The van der Waals surface area contributed by atoms with Crippen molar-refractivity contribution in [2.24, 2.45) is 23.2 Å². The van der Waals surface area contributed by atoms with Gasteiger partial charge in [-0.05, 0) is 42.9 Å². The predicted octanol–water partition coefficient (Wildman–Crippen LogP) is 2.76. The smallest absolute Gasteiger partial charge is 0.303 e. The molecule has 15 heavy (non-hydrogen) atoms. The van der Waals surface area contributed by atoms with Gasteiger partial charge in [0.05, 0.1) is 0 Å². The molecule has 0 radical (unpaired) electrons. The predicted molar refractivity (Wildman–Crippen MR) is 57.2 cm³/mol. The fraction of sp³-hybridized carbons (Fsp3) is 0.923. The second-order valence-electron chi connectivity index (χ2n) is 6.39. The molecule has 0 aliphatic heterocycles.